The summed E-state index contributed by atoms with van der Waals surface area (Å²) in [6, 6.07) is 24.9. The van der Waals surface area contributed by atoms with Gasteiger partial charge in [-0.25, -0.2) is 4.79 Å². The summed E-state index contributed by atoms with van der Waals surface area (Å²) >= 11 is 1.70. The number of allylic oxidation sites excluding steroid dienone is 1. The Labute approximate surface area is 178 Å². The van der Waals surface area contributed by atoms with E-state index in [2.05, 4.69) is 0 Å². The number of aryl methyl sites for hydroxylation is 1. The topological polar surface area (TPSA) is 84.9 Å². The quantitative estimate of drug-likeness (QED) is 0.346. The van der Waals surface area contributed by atoms with Crippen LogP contribution in [0.25, 0.3) is 16.7 Å². The summed E-state index contributed by atoms with van der Waals surface area (Å²) in [5.41, 5.74) is 4.28. The number of rotatable bonds is 5. The fourth-order valence-corrected chi connectivity index (χ4v) is 4.70. The molecule has 1 N–H and O–H groups in total. The molecule has 5 heteroatoms. The molecule has 0 atom stereocenters. The lowest BCUT2D eigenvalue weighted by atomic mass is 9.94. The predicted octanol–water partition coefficient (Wildman–Crippen LogP) is 5.55. The van der Waals surface area contributed by atoms with E-state index >= 15 is 0 Å². The number of carboxylic acids is 1. The maximum absolute atomic E-state index is 12.1. The first-order valence-electron chi connectivity index (χ1n) is 9.36. The molecule has 30 heavy (non-hydrogen) atoms. The van der Waals surface area contributed by atoms with Crippen LogP contribution in [0.2, 0.25) is 0 Å². The van der Waals surface area contributed by atoms with E-state index in [0.29, 0.717) is 23.1 Å². The van der Waals surface area contributed by atoms with Crippen LogP contribution in [0.15, 0.2) is 77.2 Å². The molecule has 3 aromatic rings. The summed E-state index contributed by atoms with van der Waals surface area (Å²) in [5.74, 6) is -0.229. The zero-order chi connectivity index (χ0) is 21.1. The fourth-order valence-electron chi connectivity index (χ4n) is 3.78. The largest absolute Gasteiger partial charge is 0.478 e. The molecule has 1 aliphatic rings. The van der Waals surface area contributed by atoms with E-state index in [1.165, 1.54) is 0 Å². The molecule has 0 saturated carbocycles. The Morgan fingerprint density at radius 2 is 1.57 bits per heavy atom. The molecule has 0 fully saturated rings. The van der Waals surface area contributed by atoms with Gasteiger partial charge in [-0.15, -0.1) is 11.8 Å². The number of aromatic carboxylic acids is 1. The lowest BCUT2D eigenvalue weighted by Gasteiger charge is -2.11. The van der Waals surface area contributed by atoms with E-state index in [1.807, 2.05) is 72.8 Å². The van der Waals surface area contributed by atoms with E-state index in [4.69, 9.17) is 0 Å². The van der Waals surface area contributed by atoms with Gasteiger partial charge in [-0.1, -0.05) is 48.5 Å². The lowest BCUT2D eigenvalue weighted by molar-refractivity contribution is 0.0697. The molecular weight excluding hydrogens is 392 g/mol. The van der Waals surface area contributed by atoms with Crippen molar-refractivity contribution in [3.8, 4) is 23.3 Å². The molecule has 0 aliphatic heterocycles. The Balaban J connectivity index is 1.80. The summed E-state index contributed by atoms with van der Waals surface area (Å²) in [6.45, 7) is 0. The minimum absolute atomic E-state index is 0.00616. The number of nitriles is 2. The molecule has 4 nitrogen and oxygen atoms in total. The first-order chi connectivity index (χ1) is 14.6. The molecule has 0 heterocycles. The van der Waals surface area contributed by atoms with E-state index in [1.54, 1.807) is 17.8 Å². The number of fused-ring (bicyclic) bond motifs is 3. The summed E-state index contributed by atoms with van der Waals surface area (Å²) < 4.78 is 0. The highest BCUT2D eigenvalue weighted by molar-refractivity contribution is 7.99. The average molecular weight is 408 g/mol. The van der Waals surface area contributed by atoms with Crippen molar-refractivity contribution in [2.24, 2.45) is 0 Å². The van der Waals surface area contributed by atoms with Crippen molar-refractivity contribution >= 4 is 23.3 Å². The van der Waals surface area contributed by atoms with Crippen LogP contribution in [0.1, 0.15) is 27.0 Å². The molecule has 4 rings (SSSR count). The molecule has 3 aromatic carbocycles. The highest BCUT2D eigenvalue weighted by atomic mass is 32.2. The van der Waals surface area contributed by atoms with E-state index < -0.39 is 5.97 Å². The van der Waals surface area contributed by atoms with Gasteiger partial charge in [0.15, 0.2) is 0 Å². The van der Waals surface area contributed by atoms with Crippen molar-refractivity contribution < 1.29 is 9.90 Å². The second-order valence-electron chi connectivity index (χ2n) is 6.80. The number of carbonyl (C=O) groups is 1. The molecule has 1 aliphatic carbocycles. The minimum Gasteiger partial charge on any atom is -0.478 e. The zero-order valence-corrected chi connectivity index (χ0v) is 16.7. The smallest absolute Gasteiger partial charge is 0.336 e. The highest BCUT2D eigenvalue weighted by Crippen LogP contribution is 2.47. The third-order valence-corrected chi connectivity index (χ3v) is 6.05. The van der Waals surface area contributed by atoms with Crippen molar-refractivity contribution in [2.75, 3.05) is 5.75 Å². The van der Waals surface area contributed by atoms with Crippen LogP contribution in [0.3, 0.4) is 0 Å². The monoisotopic (exact) mass is 408 g/mol. The number of benzene rings is 3. The van der Waals surface area contributed by atoms with Crippen LogP contribution in [0.5, 0.6) is 0 Å². The molecule has 0 saturated heterocycles. The normalized spacial score (nSPS) is 11.2. The second kappa shape index (κ2) is 8.29. The van der Waals surface area contributed by atoms with Gasteiger partial charge in [0.05, 0.1) is 5.56 Å². The molecule has 0 radical (unpaired) electrons. The standard InChI is InChI=1S/C25H16N2O2S/c26-14-17(15-27)23-19-8-4-5-9-20(19)24-21(23)12-16(13-22(24)25(28)29)10-11-30-18-6-2-1-3-7-18/h1-9,12-13H,10-11H2,(H,28,29). The summed E-state index contributed by atoms with van der Waals surface area (Å²) in [7, 11) is 0. The van der Waals surface area contributed by atoms with Crippen molar-refractivity contribution in [1.82, 2.24) is 0 Å². The Morgan fingerprint density at radius 3 is 2.23 bits per heavy atom. The molecule has 0 spiro atoms. The maximum atomic E-state index is 12.1. The fraction of sp³-hybridized carbons (Fsp3) is 0.0800. The molecule has 0 aromatic heterocycles. The van der Waals surface area contributed by atoms with Crippen molar-refractivity contribution in [1.29, 1.82) is 10.5 Å². The lowest BCUT2D eigenvalue weighted by Crippen LogP contribution is -2.03. The average Bonchev–Trinajstić information content (AvgIpc) is 3.09. The number of carboxylic acid groups (broad SMARTS) is 1. The van der Waals surface area contributed by atoms with Crippen LogP contribution in [0, 0.1) is 22.7 Å². The highest BCUT2D eigenvalue weighted by Gasteiger charge is 2.30. The number of hydrogen-bond donors (Lipinski definition) is 1. The molecule has 144 valence electrons. The van der Waals surface area contributed by atoms with E-state index in [-0.39, 0.29) is 11.1 Å². The Hall–Kier alpha value is -3.80. The van der Waals surface area contributed by atoms with Crippen molar-refractivity contribution in [3.63, 3.8) is 0 Å². The Kier molecular flexibility index (Phi) is 5.39. The molecular formula is C25H16N2O2S. The Morgan fingerprint density at radius 1 is 0.900 bits per heavy atom. The number of thioether (sulfide) groups is 1. The van der Waals surface area contributed by atoms with Gasteiger partial charge in [-0.3, -0.25) is 0 Å². The third-order valence-electron chi connectivity index (χ3n) is 5.04. The van der Waals surface area contributed by atoms with Gasteiger partial charge in [0.2, 0.25) is 0 Å². The van der Waals surface area contributed by atoms with Gasteiger partial charge in [0, 0.05) is 21.8 Å². The molecule has 0 bridgehead atoms. The van der Waals surface area contributed by atoms with Gasteiger partial charge < -0.3 is 5.11 Å². The van der Waals surface area contributed by atoms with Gasteiger partial charge >= 0.3 is 5.97 Å². The predicted molar refractivity (Wildman–Crippen MR) is 117 cm³/mol. The van der Waals surface area contributed by atoms with Crippen LogP contribution in [0.4, 0.5) is 0 Å². The van der Waals surface area contributed by atoms with Gasteiger partial charge in [-0.05, 0) is 46.9 Å². The SMILES string of the molecule is N#CC(C#N)=C1c2ccccc2-c2c(C(=O)O)cc(CCSc3ccccc3)cc21. The molecule has 0 unspecified atom stereocenters. The Bertz CT molecular complexity index is 1250. The second-order valence-corrected chi connectivity index (χ2v) is 7.97. The van der Waals surface area contributed by atoms with Crippen LogP contribution < -0.4 is 0 Å². The first kappa shape index (κ1) is 19.5. The van der Waals surface area contributed by atoms with Crippen LogP contribution >= 0.6 is 11.8 Å². The number of hydrogen-bond acceptors (Lipinski definition) is 4. The van der Waals surface area contributed by atoms with E-state index in [9.17, 15) is 20.4 Å². The van der Waals surface area contributed by atoms with Crippen molar-refractivity contribution in [3.05, 3.63) is 94.6 Å². The number of nitrogens with zero attached hydrogens (tertiary/aromatic N) is 2. The van der Waals surface area contributed by atoms with Crippen LogP contribution in [-0.2, 0) is 6.42 Å². The van der Waals surface area contributed by atoms with Crippen molar-refractivity contribution in [2.45, 2.75) is 11.3 Å². The summed E-state index contributed by atoms with van der Waals surface area (Å²) in [5, 5.41) is 28.9. The van der Waals surface area contributed by atoms with Gasteiger partial charge in [-0.2, -0.15) is 10.5 Å². The van der Waals surface area contributed by atoms with E-state index in [0.717, 1.165) is 27.3 Å². The van der Waals surface area contributed by atoms with Gasteiger partial charge in [0.1, 0.15) is 17.7 Å². The minimum atomic E-state index is -1.02. The van der Waals surface area contributed by atoms with Crippen LogP contribution in [-0.4, -0.2) is 16.8 Å². The zero-order valence-electron chi connectivity index (χ0n) is 15.9. The first-order valence-corrected chi connectivity index (χ1v) is 10.3. The summed E-state index contributed by atoms with van der Waals surface area (Å²) in [6.07, 6.45) is 0.672. The maximum Gasteiger partial charge on any atom is 0.336 e. The van der Waals surface area contributed by atoms with Gasteiger partial charge in [0.25, 0.3) is 0 Å². The molecule has 0 amide bonds. The summed E-state index contributed by atoms with van der Waals surface area (Å²) in [4.78, 5) is 13.2. The third kappa shape index (κ3) is 3.48.